The smallest absolute Gasteiger partial charge is 0.251 e. The molecule has 0 bridgehead atoms. The van der Waals surface area contributed by atoms with Gasteiger partial charge in [0.15, 0.2) is 0 Å². The highest BCUT2D eigenvalue weighted by Crippen LogP contribution is 2.23. The van der Waals surface area contributed by atoms with Gasteiger partial charge in [0.2, 0.25) is 10.0 Å². The number of hydrogen-bond donors (Lipinski definition) is 2. The minimum Gasteiger partial charge on any atom is -0.351 e. The number of nitrogens with one attached hydrogen (secondary N) is 2. The molecule has 0 radical (unpaired) electrons. The van der Waals surface area contributed by atoms with Crippen molar-refractivity contribution in [1.82, 2.24) is 10.0 Å². The van der Waals surface area contributed by atoms with Crippen molar-refractivity contribution in [2.75, 3.05) is 13.1 Å². The van der Waals surface area contributed by atoms with Gasteiger partial charge < -0.3 is 5.32 Å². The van der Waals surface area contributed by atoms with E-state index in [0.717, 1.165) is 11.1 Å². The summed E-state index contributed by atoms with van der Waals surface area (Å²) in [6, 6.07) is 22.9. The quantitative estimate of drug-likeness (QED) is 0.578. The van der Waals surface area contributed by atoms with E-state index in [1.165, 1.54) is 12.1 Å². The third-order valence-corrected chi connectivity index (χ3v) is 5.76. The maximum atomic E-state index is 12.6. The fourth-order valence-electron chi connectivity index (χ4n) is 2.72. The van der Waals surface area contributed by atoms with Gasteiger partial charge in [-0.1, -0.05) is 66.2 Å². The van der Waals surface area contributed by atoms with Crippen LogP contribution >= 0.6 is 11.6 Å². The molecule has 3 aromatic rings. The van der Waals surface area contributed by atoms with Crippen molar-refractivity contribution in [1.29, 1.82) is 0 Å². The first-order valence-corrected chi connectivity index (χ1v) is 10.5. The zero-order valence-corrected chi connectivity index (χ0v) is 16.5. The summed E-state index contributed by atoms with van der Waals surface area (Å²) in [6.07, 6.45) is 0. The molecule has 0 aromatic heterocycles. The molecule has 28 heavy (non-hydrogen) atoms. The Kier molecular flexibility index (Phi) is 6.46. The fraction of sp³-hybridized carbons (Fsp3) is 0.0952. The Labute approximate surface area is 169 Å². The van der Waals surface area contributed by atoms with Crippen LogP contribution in [0.25, 0.3) is 11.1 Å². The van der Waals surface area contributed by atoms with E-state index in [-0.39, 0.29) is 23.9 Å². The van der Waals surface area contributed by atoms with Gasteiger partial charge in [-0.25, -0.2) is 13.1 Å². The van der Waals surface area contributed by atoms with E-state index in [2.05, 4.69) is 10.0 Å². The maximum absolute atomic E-state index is 12.6. The lowest BCUT2D eigenvalue weighted by molar-refractivity contribution is 0.0955. The molecule has 1 amide bonds. The SMILES string of the molecule is O=C(NCCNS(=O)(=O)c1cccc(Cl)c1)c1ccccc1-c1ccccc1. The summed E-state index contributed by atoms with van der Waals surface area (Å²) < 4.78 is 27.0. The van der Waals surface area contributed by atoms with Gasteiger partial charge in [-0.05, 0) is 35.4 Å². The first-order chi connectivity index (χ1) is 13.5. The minimum absolute atomic E-state index is 0.0636. The van der Waals surface area contributed by atoms with Crippen molar-refractivity contribution in [3.63, 3.8) is 0 Å². The molecule has 2 N–H and O–H groups in total. The number of sulfonamides is 1. The lowest BCUT2D eigenvalue weighted by Crippen LogP contribution is -2.34. The number of rotatable bonds is 7. The molecule has 0 atom stereocenters. The molecule has 0 fully saturated rings. The van der Waals surface area contributed by atoms with Crippen LogP contribution in [0.1, 0.15) is 10.4 Å². The van der Waals surface area contributed by atoms with E-state index in [0.29, 0.717) is 10.6 Å². The third-order valence-electron chi connectivity index (χ3n) is 4.07. The predicted octanol–water partition coefficient (Wildman–Crippen LogP) is 3.72. The normalized spacial score (nSPS) is 11.2. The van der Waals surface area contributed by atoms with Crippen LogP contribution in [0.2, 0.25) is 5.02 Å². The number of carbonyl (C=O) groups excluding carboxylic acids is 1. The first-order valence-electron chi connectivity index (χ1n) is 8.65. The van der Waals surface area contributed by atoms with Crippen molar-refractivity contribution < 1.29 is 13.2 Å². The summed E-state index contributed by atoms with van der Waals surface area (Å²) in [5.41, 5.74) is 2.29. The Morgan fingerprint density at radius 3 is 2.32 bits per heavy atom. The molecule has 7 heteroatoms. The Balaban J connectivity index is 1.61. The summed E-state index contributed by atoms with van der Waals surface area (Å²) in [4.78, 5) is 12.7. The molecule has 144 valence electrons. The van der Waals surface area contributed by atoms with E-state index in [1.54, 1.807) is 24.3 Å². The number of halogens is 1. The molecule has 0 aliphatic heterocycles. The number of benzene rings is 3. The maximum Gasteiger partial charge on any atom is 0.251 e. The van der Waals surface area contributed by atoms with E-state index >= 15 is 0 Å². The van der Waals surface area contributed by atoms with Crippen LogP contribution < -0.4 is 10.0 Å². The summed E-state index contributed by atoms with van der Waals surface area (Å²) in [5, 5.41) is 3.09. The van der Waals surface area contributed by atoms with Gasteiger partial charge in [0, 0.05) is 23.7 Å². The highest BCUT2D eigenvalue weighted by Gasteiger charge is 2.15. The molecule has 0 saturated carbocycles. The van der Waals surface area contributed by atoms with Gasteiger partial charge in [0.1, 0.15) is 0 Å². The van der Waals surface area contributed by atoms with E-state index in [4.69, 9.17) is 11.6 Å². The number of hydrogen-bond acceptors (Lipinski definition) is 3. The van der Waals surface area contributed by atoms with Crippen molar-refractivity contribution in [2.24, 2.45) is 0 Å². The second-order valence-electron chi connectivity index (χ2n) is 6.02. The summed E-state index contributed by atoms with van der Waals surface area (Å²) >= 11 is 5.84. The number of amides is 1. The summed E-state index contributed by atoms with van der Waals surface area (Å²) in [6.45, 7) is 0.218. The number of carbonyl (C=O) groups is 1. The first kappa shape index (κ1) is 20.1. The van der Waals surface area contributed by atoms with Crippen molar-refractivity contribution in [2.45, 2.75) is 4.90 Å². The molecular formula is C21H19ClN2O3S. The average Bonchev–Trinajstić information content (AvgIpc) is 2.72. The molecular weight excluding hydrogens is 396 g/mol. The molecule has 0 heterocycles. The highest BCUT2D eigenvalue weighted by atomic mass is 35.5. The van der Waals surface area contributed by atoms with Crippen LogP contribution in [0, 0.1) is 0 Å². The van der Waals surface area contributed by atoms with Gasteiger partial charge in [-0.2, -0.15) is 0 Å². The second kappa shape index (κ2) is 9.01. The van der Waals surface area contributed by atoms with Gasteiger partial charge in [-0.15, -0.1) is 0 Å². The molecule has 3 aromatic carbocycles. The van der Waals surface area contributed by atoms with Crippen LogP contribution in [0.4, 0.5) is 0 Å². The molecule has 5 nitrogen and oxygen atoms in total. The molecule has 0 aliphatic carbocycles. The molecule has 0 aliphatic rings. The lowest BCUT2D eigenvalue weighted by Gasteiger charge is -2.11. The lowest BCUT2D eigenvalue weighted by atomic mass is 9.99. The van der Waals surface area contributed by atoms with Gasteiger partial charge in [0.05, 0.1) is 4.90 Å². The van der Waals surface area contributed by atoms with E-state index < -0.39 is 10.0 Å². The predicted molar refractivity (Wildman–Crippen MR) is 111 cm³/mol. The van der Waals surface area contributed by atoms with Gasteiger partial charge in [-0.3, -0.25) is 4.79 Å². The van der Waals surface area contributed by atoms with Crippen molar-refractivity contribution in [3.05, 3.63) is 89.4 Å². The molecule has 0 spiro atoms. The van der Waals surface area contributed by atoms with Crippen LogP contribution in [-0.4, -0.2) is 27.4 Å². The average molecular weight is 415 g/mol. The summed E-state index contributed by atoms with van der Waals surface area (Å²) in [5.74, 6) is -0.263. The monoisotopic (exact) mass is 414 g/mol. The van der Waals surface area contributed by atoms with Crippen LogP contribution in [0.3, 0.4) is 0 Å². The Hall–Kier alpha value is -2.67. The third kappa shape index (κ3) is 4.98. The van der Waals surface area contributed by atoms with Crippen LogP contribution in [0.15, 0.2) is 83.8 Å². The summed E-state index contributed by atoms with van der Waals surface area (Å²) in [7, 11) is -3.68. The zero-order valence-electron chi connectivity index (χ0n) is 14.9. The van der Waals surface area contributed by atoms with Crippen LogP contribution in [0.5, 0.6) is 0 Å². The van der Waals surface area contributed by atoms with Gasteiger partial charge >= 0.3 is 0 Å². The molecule has 0 saturated heterocycles. The molecule has 3 rings (SSSR count). The largest absolute Gasteiger partial charge is 0.351 e. The van der Waals surface area contributed by atoms with Crippen LogP contribution in [-0.2, 0) is 10.0 Å². The van der Waals surface area contributed by atoms with E-state index in [9.17, 15) is 13.2 Å². The zero-order chi connectivity index (χ0) is 20.0. The minimum atomic E-state index is -3.68. The Bertz CT molecular complexity index is 1070. The molecule has 0 unspecified atom stereocenters. The highest BCUT2D eigenvalue weighted by molar-refractivity contribution is 7.89. The second-order valence-corrected chi connectivity index (χ2v) is 8.23. The topological polar surface area (TPSA) is 75.3 Å². The standard InChI is InChI=1S/C21H19ClN2O3S/c22-17-9-6-10-18(15-17)28(26,27)24-14-13-23-21(25)20-12-5-4-11-19(20)16-7-2-1-3-8-16/h1-12,15,24H,13-14H2,(H,23,25). The Morgan fingerprint density at radius 2 is 1.57 bits per heavy atom. The fourth-order valence-corrected chi connectivity index (χ4v) is 4.06. The van der Waals surface area contributed by atoms with Gasteiger partial charge in [0.25, 0.3) is 5.91 Å². The Morgan fingerprint density at radius 1 is 0.857 bits per heavy atom. The van der Waals surface area contributed by atoms with E-state index in [1.807, 2.05) is 42.5 Å². The van der Waals surface area contributed by atoms with Crippen molar-refractivity contribution in [3.8, 4) is 11.1 Å². The van der Waals surface area contributed by atoms with Crippen molar-refractivity contribution >= 4 is 27.5 Å².